The van der Waals surface area contributed by atoms with Crippen molar-refractivity contribution in [3.05, 3.63) is 50.1 Å². The number of aryl methyl sites for hydroxylation is 1. The Morgan fingerprint density at radius 3 is 2.80 bits per heavy atom. The zero-order chi connectivity index (χ0) is 14.7. The largest absolute Gasteiger partial charge is 0.409 e. The van der Waals surface area contributed by atoms with Crippen LogP contribution in [0.3, 0.4) is 0 Å². The monoisotopic (exact) mass is 353 g/mol. The fourth-order valence-corrected chi connectivity index (χ4v) is 3.49. The van der Waals surface area contributed by atoms with E-state index in [1.54, 1.807) is 11.3 Å². The Labute approximate surface area is 130 Å². The van der Waals surface area contributed by atoms with Gasteiger partial charge in [0.1, 0.15) is 0 Å². The summed E-state index contributed by atoms with van der Waals surface area (Å²) in [6.45, 7) is 2.79. The molecule has 106 valence electrons. The third-order valence-electron chi connectivity index (χ3n) is 2.96. The van der Waals surface area contributed by atoms with E-state index >= 15 is 0 Å². The van der Waals surface area contributed by atoms with E-state index in [2.05, 4.69) is 37.4 Å². The predicted molar refractivity (Wildman–Crippen MR) is 87.8 cm³/mol. The van der Waals surface area contributed by atoms with Gasteiger partial charge in [0.2, 0.25) is 0 Å². The second-order valence-electron chi connectivity index (χ2n) is 4.59. The maximum absolute atomic E-state index is 8.90. The van der Waals surface area contributed by atoms with E-state index in [1.807, 2.05) is 32.2 Å². The summed E-state index contributed by atoms with van der Waals surface area (Å²) in [6, 6.07) is 7.96. The third kappa shape index (κ3) is 3.32. The quantitative estimate of drug-likeness (QED) is 0.382. The molecule has 0 aliphatic rings. The van der Waals surface area contributed by atoms with E-state index in [0.717, 1.165) is 27.8 Å². The van der Waals surface area contributed by atoms with Crippen LogP contribution in [0.5, 0.6) is 0 Å². The standard InChI is InChI=1S/C14H16BrN3OS/c1-9-3-4-12(14(16)17-19)13(5-9)18(2)7-11-6-10(15)8-20-11/h3-6,8,19H,7H2,1-2H3,(H2,16,17). The van der Waals surface area contributed by atoms with Crippen LogP contribution in [0.1, 0.15) is 16.0 Å². The van der Waals surface area contributed by atoms with Gasteiger partial charge >= 0.3 is 0 Å². The molecule has 0 bridgehead atoms. The van der Waals surface area contributed by atoms with Gasteiger partial charge in [-0.05, 0) is 46.6 Å². The molecule has 6 heteroatoms. The van der Waals surface area contributed by atoms with Crippen LogP contribution in [0.4, 0.5) is 5.69 Å². The number of amidine groups is 1. The Balaban J connectivity index is 2.32. The number of thiophene rings is 1. The SMILES string of the molecule is Cc1ccc(C(N)=NO)c(N(C)Cc2cc(Br)cs2)c1. The van der Waals surface area contributed by atoms with Crippen LogP contribution in [0, 0.1) is 6.92 Å². The van der Waals surface area contributed by atoms with Crippen molar-refractivity contribution in [3.8, 4) is 0 Å². The van der Waals surface area contributed by atoms with E-state index in [0.29, 0.717) is 0 Å². The molecule has 0 atom stereocenters. The Bertz CT molecular complexity index is 639. The summed E-state index contributed by atoms with van der Waals surface area (Å²) in [5, 5.41) is 14.1. The number of nitrogens with zero attached hydrogens (tertiary/aromatic N) is 2. The van der Waals surface area contributed by atoms with Crippen molar-refractivity contribution in [3.63, 3.8) is 0 Å². The van der Waals surface area contributed by atoms with E-state index < -0.39 is 0 Å². The van der Waals surface area contributed by atoms with Crippen LogP contribution in [0.25, 0.3) is 0 Å². The molecule has 0 saturated carbocycles. The average Bonchev–Trinajstić information content (AvgIpc) is 2.83. The molecular formula is C14H16BrN3OS. The zero-order valence-electron chi connectivity index (χ0n) is 11.3. The van der Waals surface area contributed by atoms with Gasteiger partial charge in [0.15, 0.2) is 5.84 Å². The summed E-state index contributed by atoms with van der Waals surface area (Å²) in [7, 11) is 2.00. The summed E-state index contributed by atoms with van der Waals surface area (Å²) in [5.74, 6) is 0.124. The topological polar surface area (TPSA) is 61.9 Å². The molecule has 0 aliphatic heterocycles. The van der Waals surface area contributed by atoms with Gasteiger partial charge in [0.05, 0.1) is 6.54 Å². The minimum Gasteiger partial charge on any atom is -0.409 e. The van der Waals surface area contributed by atoms with Crippen molar-refractivity contribution in [1.82, 2.24) is 0 Å². The van der Waals surface area contributed by atoms with Crippen molar-refractivity contribution in [2.45, 2.75) is 13.5 Å². The van der Waals surface area contributed by atoms with Crippen molar-refractivity contribution >= 4 is 38.8 Å². The summed E-state index contributed by atoms with van der Waals surface area (Å²) < 4.78 is 1.09. The Kier molecular flexibility index (Phi) is 4.67. The number of anilines is 1. The molecule has 0 amide bonds. The highest BCUT2D eigenvalue weighted by molar-refractivity contribution is 9.10. The lowest BCUT2D eigenvalue weighted by molar-refractivity contribution is 0.318. The predicted octanol–water partition coefficient (Wildman–Crippen LogP) is 3.55. The lowest BCUT2D eigenvalue weighted by Crippen LogP contribution is -2.22. The zero-order valence-corrected chi connectivity index (χ0v) is 13.7. The van der Waals surface area contributed by atoms with Crippen LogP contribution in [0.2, 0.25) is 0 Å². The van der Waals surface area contributed by atoms with E-state index in [9.17, 15) is 0 Å². The minimum atomic E-state index is 0.124. The lowest BCUT2D eigenvalue weighted by Gasteiger charge is -2.22. The number of nitrogens with two attached hydrogens (primary N) is 1. The molecule has 0 saturated heterocycles. The fourth-order valence-electron chi connectivity index (χ4n) is 1.98. The van der Waals surface area contributed by atoms with E-state index in [1.165, 1.54) is 4.88 Å². The first kappa shape index (κ1) is 14.9. The Morgan fingerprint density at radius 2 is 2.20 bits per heavy atom. The summed E-state index contributed by atoms with van der Waals surface area (Å²) >= 11 is 5.16. The van der Waals surface area contributed by atoms with Gasteiger partial charge in [0.25, 0.3) is 0 Å². The smallest absolute Gasteiger partial charge is 0.172 e. The number of hydrogen-bond donors (Lipinski definition) is 2. The molecule has 1 aromatic carbocycles. The molecule has 4 nitrogen and oxygen atoms in total. The highest BCUT2D eigenvalue weighted by atomic mass is 79.9. The van der Waals surface area contributed by atoms with Gasteiger partial charge in [-0.3, -0.25) is 0 Å². The summed E-state index contributed by atoms with van der Waals surface area (Å²) in [6.07, 6.45) is 0. The summed E-state index contributed by atoms with van der Waals surface area (Å²) in [4.78, 5) is 3.34. The van der Waals surface area contributed by atoms with Gasteiger partial charge < -0.3 is 15.8 Å². The Morgan fingerprint density at radius 1 is 1.45 bits per heavy atom. The van der Waals surface area contributed by atoms with Crippen LogP contribution in [-0.2, 0) is 6.54 Å². The first-order chi connectivity index (χ1) is 9.51. The second kappa shape index (κ2) is 6.28. The molecule has 0 unspecified atom stereocenters. The van der Waals surface area contributed by atoms with Crippen molar-refractivity contribution in [2.24, 2.45) is 10.9 Å². The molecule has 2 rings (SSSR count). The molecule has 20 heavy (non-hydrogen) atoms. The van der Waals surface area contributed by atoms with E-state index in [-0.39, 0.29) is 5.84 Å². The molecular weight excluding hydrogens is 338 g/mol. The molecule has 0 radical (unpaired) electrons. The van der Waals surface area contributed by atoms with Gasteiger partial charge in [-0.25, -0.2) is 0 Å². The molecule has 0 aliphatic carbocycles. The molecule has 3 N–H and O–H groups in total. The van der Waals surface area contributed by atoms with Gasteiger partial charge in [-0.2, -0.15) is 0 Å². The fraction of sp³-hybridized carbons (Fsp3) is 0.214. The molecule has 2 aromatic rings. The number of hydrogen-bond acceptors (Lipinski definition) is 4. The van der Waals surface area contributed by atoms with Crippen LogP contribution in [0.15, 0.2) is 39.3 Å². The van der Waals surface area contributed by atoms with Gasteiger partial charge in [0, 0.05) is 33.0 Å². The highest BCUT2D eigenvalue weighted by Gasteiger charge is 2.12. The highest BCUT2D eigenvalue weighted by Crippen LogP contribution is 2.26. The van der Waals surface area contributed by atoms with Crippen LogP contribution < -0.4 is 10.6 Å². The van der Waals surface area contributed by atoms with Crippen LogP contribution in [-0.4, -0.2) is 18.1 Å². The maximum Gasteiger partial charge on any atom is 0.172 e. The van der Waals surface area contributed by atoms with E-state index in [4.69, 9.17) is 10.9 Å². The molecule has 0 fully saturated rings. The second-order valence-corrected chi connectivity index (χ2v) is 6.50. The molecule has 0 spiro atoms. The maximum atomic E-state index is 8.90. The number of benzene rings is 1. The van der Waals surface area contributed by atoms with Crippen LogP contribution >= 0.6 is 27.3 Å². The molecule has 1 aromatic heterocycles. The first-order valence-corrected chi connectivity index (χ1v) is 7.71. The normalized spacial score (nSPS) is 11.7. The lowest BCUT2D eigenvalue weighted by atomic mass is 10.1. The number of oxime groups is 1. The number of rotatable bonds is 4. The third-order valence-corrected chi connectivity index (χ3v) is 4.65. The van der Waals surface area contributed by atoms with Gasteiger partial charge in [-0.1, -0.05) is 11.2 Å². The van der Waals surface area contributed by atoms with Crippen molar-refractivity contribution in [2.75, 3.05) is 11.9 Å². The summed E-state index contributed by atoms with van der Waals surface area (Å²) in [5.41, 5.74) is 8.56. The van der Waals surface area contributed by atoms with Crippen molar-refractivity contribution < 1.29 is 5.21 Å². The van der Waals surface area contributed by atoms with Gasteiger partial charge in [-0.15, -0.1) is 11.3 Å². The Hall–Kier alpha value is -1.53. The molecule has 1 heterocycles. The average molecular weight is 354 g/mol. The number of halogens is 1. The van der Waals surface area contributed by atoms with Crippen molar-refractivity contribution in [1.29, 1.82) is 0 Å². The first-order valence-electron chi connectivity index (χ1n) is 6.04. The minimum absolute atomic E-state index is 0.124.